The van der Waals surface area contributed by atoms with E-state index in [1.165, 1.54) is 51.4 Å². The Labute approximate surface area is 140 Å². The summed E-state index contributed by atoms with van der Waals surface area (Å²) < 4.78 is 6.23. The van der Waals surface area contributed by atoms with Crippen molar-refractivity contribution < 1.29 is 14.9 Å². The summed E-state index contributed by atoms with van der Waals surface area (Å²) in [5.41, 5.74) is 0. The molecule has 2 saturated heterocycles. The third-order valence-electron chi connectivity index (χ3n) is 7.38. The van der Waals surface area contributed by atoms with Crippen LogP contribution < -0.4 is 0 Å². The molecule has 23 heavy (non-hydrogen) atoms. The molecule has 0 spiro atoms. The van der Waals surface area contributed by atoms with Crippen molar-refractivity contribution >= 4 is 0 Å². The lowest BCUT2D eigenvalue weighted by Gasteiger charge is -2.53. The fourth-order valence-corrected chi connectivity index (χ4v) is 5.86. The number of hydrogen-bond donors (Lipinski definition) is 2. The number of aliphatic hydroxyl groups excluding tert-OH is 2. The zero-order chi connectivity index (χ0) is 15.8. The molecule has 2 aliphatic heterocycles. The van der Waals surface area contributed by atoms with Gasteiger partial charge in [-0.3, -0.25) is 0 Å². The van der Waals surface area contributed by atoms with Crippen LogP contribution in [0.1, 0.15) is 77.0 Å². The van der Waals surface area contributed by atoms with Crippen molar-refractivity contribution in [2.24, 2.45) is 23.7 Å². The van der Waals surface area contributed by atoms with Crippen molar-refractivity contribution in [3.8, 4) is 0 Å². The quantitative estimate of drug-likeness (QED) is 0.830. The fourth-order valence-electron chi connectivity index (χ4n) is 5.86. The zero-order valence-electron chi connectivity index (χ0n) is 14.4. The second-order valence-corrected chi connectivity index (χ2v) is 9.03. The first-order valence-electron chi connectivity index (χ1n) is 10.2. The van der Waals surface area contributed by atoms with Gasteiger partial charge in [-0.1, -0.05) is 0 Å². The number of rotatable bonds is 4. The van der Waals surface area contributed by atoms with Gasteiger partial charge in [0.15, 0.2) is 0 Å². The van der Waals surface area contributed by atoms with Gasteiger partial charge in [-0.25, -0.2) is 0 Å². The highest BCUT2D eigenvalue weighted by atomic mass is 16.5. The topological polar surface area (TPSA) is 49.7 Å². The van der Waals surface area contributed by atoms with E-state index in [2.05, 4.69) is 0 Å². The minimum atomic E-state index is -0.0312. The van der Waals surface area contributed by atoms with E-state index in [0.717, 1.165) is 49.4 Å². The van der Waals surface area contributed by atoms with E-state index in [9.17, 15) is 10.2 Å². The van der Waals surface area contributed by atoms with Gasteiger partial charge in [0.2, 0.25) is 0 Å². The number of hydrogen-bond acceptors (Lipinski definition) is 3. The Morgan fingerprint density at radius 3 is 1.39 bits per heavy atom. The van der Waals surface area contributed by atoms with Gasteiger partial charge in [-0.15, -0.1) is 0 Å². The molecule has 3 nitrogen and oxygen atoms in total. The number of aliphatic hydroxyl groups is 2. The van der Waals surface area contributed by atoms with Crippen molar-refractivity contribution in [2.45, 2.75) is 101 Å². The summed E-state index contributed by atoms with van der Waals surface area (Å²) in [5.74, 6) is 3.21. The molecule has 2 N–H and O–H groups in total. The van der Waals surface area contributed by atoms with Crippen molar-refractivity contribution in [1.29, 1.82) is 0 Å². The molecule has 2 heterocycles. The van der Waals surface area contributed by atoms with Gasteiger partial charge in [-0.2, -0.15) is 0 Å². The molecule has 0 aromatic carbocycles. The molecule has 132 valence electrons. The predicted octanol–water partition coefficient (Wildman–Crippen LogP) is 3.66. The predicted molar refractivity (Wildman–Crippen MR) is 90.0 cm³/mol. The minimum absolute atomic E-state index is 0.0312. The average Bonchev–Trinajstić information content (AvgIpc) is 2.51. The lowest BCUT2D eigenvalue weighted by molar-refractivity contribution is -0.220. The van der Waals surface area contributed by atoms with E-state index in [-0.39, 0.29) is 12.2 Å². The van der Waals surface area contributed by atoms with Gasteiger partial charge in [0.25, 0.3) is 0 Å². The molecule has 5 rings (SSSR count). The van der Waals surface area contributed by atoms with Crippen LogP contribution >= 0.6 is 0 Å². The standard InChI is InChI=1S/C20H34O3/c21-17-5-1-13(2-6-17)9-15-11-16(20-12-19(15)23-20)10-14-3-7-18(22)8-4-14/h13-22H,1-12H2. The molecule has 5 fully saturated rings. The summed E-state index contributed by atoms with van der Waals surface area (Å²) in [6.45, 7) is 0. The third-order valence-corrected chi connectivity index (χ3v) is 7.38. The van der Waals surface area contributed by atoms with Crippen molar-refractivity contribution in [3.05, 3.63) is 0 Å². The van der Waals surface area contributed by atoms with E-state index in [0.29, 0.717) is 12.2 Å². The molecule has 5 aliphatic rings. The summed E-state index contributed by atoms with van der Waals surface area (Å²) in [6.07, 6.45) is 15.3. The largest absolute Gasteiger partial charge is 0.393 e. The highest BCUT2D eigenvalue weighted by molar-refractivity contribution is 4.96. The summed E-state index contributed by atoms with van der Waals surface area (Å²) in [7, 11) is 0. The number of fused-ring (bicyclic) bond motifs is 2. The molecule has 3 aliphatic carbocycles. The van der Waals surface area contributed by atoms with E-state index in [1.54, 1.807) is 0 Å². The molecule has 4 atom stereocenters. The van der Waals surface area contributed by atoms with Crippen molar-refractivity contribution in [1.82, 2.24) is 0 Å². The molecule has 4 unspecified atom stereocenters. The lowest BCUT2D eigenvalue weighted by atomic mass is 9.66. The summed E-state index contributed by atoms with van der Waals surface area (Å²) in [4.78, 5) is 0. The first-order chi connectivity index (χ1) is 11.2. The molecule has 3 saturated carbocycles. The summed E-state index contributed by atoms with van der Waals surface area (Å²) in [6, 6.07) is 0. The minimum Gasteiger partial charge on any atom is -0.393 e. The molecular formula is C20H34O3. The van der Waals surface area contributed by atoms with Gasteiger partial charge < -0.3 is 14.9 Å². The Kier molecular flexibility index (Phi) is 4.99. The van der Waals surface area contributed by atoms with Crippen LogP contribution in [0.25, 0.3) is 0 Å². The van der Waals surface area contributed by atoms with E-state index >= 15 is 0 Å². The maximum absolute atomic E-state index is 9.69. The first-order valence-corrected chi connectivity index (χ1v) is 10.2. The third kappa shape index (κ3) is 3.77. The van der Waals surface area contributed by atoms with E-state index in [4.69, 9.17) is 4.74 Å². The Morgan fingerprint density at radius 1 is 0.609 bits per heavy atom. The van der Waals surface area contributed by atoms with Gasteiger partial charge in [0.1, 0.15) is 0 Å². The van der Waals surface area contributed by atoms with Gasteiger partial charge in [0.05, 0.1) is 24.4 Å². The SMILES string of the molecule is OC1CCC(CC2CC(CC3CCC(O)CC3)C3CC2O3)CC1. The van der Waals surface area contributed by atoms with Crippen LogP contribution in [0.4, 0.5) is 0 Å². The average molecular weight is 322 g/mol. The van der Waals surface area contributed by atoms with Crippen molar-refractivity contribution in [3.63, 3.8) is 0 Å². The monoisotopic (exact) mass is 322 g/mol. The van der Waals surface area contributed by atoms with Crippen LogP contribution in [-0.4, -0.2) is 34.6 Å². The normalized spacial score (nSPS) is 50.3. The van der Waals surface area contributed by atoms with Gasteiger partial charge in [0, 0.05) is 6.42 Å². The highest BCUT2D eigenvalue weighted by Gasteiger charge is 2.48. The molecule has 0 aromatic heterocycles. The summed E-state index contributed by atoms with van der Waals surface area (Å²) in [5, 5.41) is 19.4. The maximum Gasteiger partial charge on any atom is 0.0632 e. The lowest BCUT2D eigenvalue weighted by Crippen LogP contribution is -2.53. The zero-order valence-corrected chi connectivity index (χ0v) is 14.4. The smallest absolute Gasteiger partial charge is 0.0632 e. The molecule has 3 heteroatoms. The van der Waals surface area contributed by atoms with Crippen LogP contribution in [0.2, 0.25) is 0 Å². The van der Waals surface area contributed by atoms with Gasteiger partial charge >= 0.3 is 0 Å². The van der Waals surface area contributed by atoms with E-state index < -0.39 is 0 Å². The highest BCUT2D eigenvalue weighted by Crippen LogP contribution is 2.49. The number of ether oxygens (including phenoxy) is 1. The van der Waals surface area contributed by atoms with Crippen LogP contribution in [0.3, 0.4) is 0 Å². The molecule has 0 amide bonds. The molecule has 0 aromatic rings. The van der Waals surface area contributed by atoms with Crippen LogP contribution in [-0.2, 0) is 4.74 Å². The Hall–Kier alpha value is -0.120. The Morgan fingerprint density at radius 2 is 1.00 bits per heavy atom. The van der Waals surface area contributed by atoms with Crippen LogP contribution in [0.15, 0.2) is 0 Å². The Balaban J connectivity index is 1.27. The molecular weight excluding hydrogens is 288 g/mol. The first kappa shape index (κ1) is 16.4. The molecule has 2 bridgehead atoms. The fraction of sp³-hybridized carbons (Fsp3) is 1.00. The molecule has 0 radical (unpaired) electrons. The van der Waals surface area contributed by atoms with E-state index in [1.807, 2.05) is 0 Å². The van der Waals surface area contributed by atoms with Crippen LogP contribution in [0, 0.1) is 23.7 Å². The Bertz CT molecular complexity index is 342. The van der Waals surface area contributed by atoms with Crippen molar-refractivity contribution in [2.75, 3.05) is 0 Å². The van der Waals surface area contributed by atoms with Crippen LogP contribution in [0.5, 0.6) is 0 Å². The summed E-state index contributed by atoms with van der Waals surface area (Å²) >= 11 is 0. The second-order valence-electron chi connectivity index (χ2n) is 9.03. The van der Waals surface area contributed by atoms with Gasteiger partial charge in [-0.05, 0) is 94.3 Å². The second kappa shape index (κ2) is 7.01. The maximum atomic E-state index is 9.69.